The first-order valence-corrected chi connectivity index (χ1v) is 7.71. The Bertz CT molecular complexity index is 700. The molecule has 1 aliphatic rings. The van der Waals surface area contributed by atoms with Gasteiger partial charge in [0.2, 0.25) is 0 Å². The van der Waals surface area contributed by atoms with Gasteiger partial charge in [0.05, 0.1) is 18.2 Å². The molecule has 0 aromatic heterocycles. The summed E-state index contributed by atoms with van der Waals surface area (Å²) in [4.78, 5) is 12.6. The number of carbonyl (C=O) groups is 1. The molecule has 0 fully saturated rings. The lowest BCUT2D eigenvalue weighted by Crippen LogP contribution is -2.03. The summed E-state index contributed by atoms with van der Waals surface area (Å²) in [6.07, 6.45) is 0.829. The third kappa shape index (κ3) is 3.06. The Balaban J connectivity index is 1.98. The zero-order valence-corrected chi connectivity index (χ0v) is 13.4. The van der Waals surface area contributed by atoms with Gasteiger partial charge in [-0.05, 0) is 36.4 Å². The van der Waals surface area contributed by atoms with E-state index >= 15 is 0 Å². The second-order valence-corrected chi connectivity index (χ2v) is 5.99. The van der Waals surface area contributed by atoms with Crippen LogP contribution >= 0.6 is 27.5 Å². The van der Waals surface area contributed by atoms with E-state index in [9.17, 15) is 4.79 Å². The molecular weight excluding hydrogens is 356 g/mol. The molecule has 0 aliphatic carbocycles. The smallest absolute Gasteiger partial charge is 0.194 e. The van der Waals surface area contributed by atoms with Crippen molar-refractivity contribution in [2.75, 3.05) is 13.2 Å². The molecule has 0 N–H and O–H groups in total. The molecule has 1 heterocycles. The Kier molecular flexibility index (Phi) is 4.17. The highest BCUT2D eigenvalue weighted by molar-refractivity contribution is 9.10. The molecule has 3 nitrogen and oxygen atoms in total. The van der Waals surface area contributed by atoms with Crippen LogP contribution in [0.4, 0.5) is 0 Å². The van der Waals surface area contributed by atoms with Gasteiger partial charge in [-0.15, -0.1) is 0 Å². The fourth-order valence-electron chi connectivity index (χ4n) is 2.13. The summed E-state index contributed by atoms with van der Waals surface area (Å²) in [5, 5.41) is 0.426. The van der Waals surface area contributed by atoms with Crippen molar-refractivity contribution >= 4 is 33.3 Å². The predicted octanol–water partition coefficient (Wildman–Crippen LogP) is 4.49. The lowest BCUT2D eigenvalue weighted by atomic mass is 10.0. The standard InChI is InChI=1S/C16H12BrClO3/c17-11-3-4-13(18)12(9-11)16(19)10-2-5-14-15(8-10)21-7-1-6-20-14/h2-5,8-9H,1,6-7H2. The van der Waals surface area contributed by atoms with E-state index < -0.39 is 0 Å². The zero-order valence-electron chi connectivity index (χ0n) is 11.1. The first-order valence-electron chi connectivity index (χ1n) is 6.54. The molecule has 2 aromatic carbocycles. The van der Waals surface area contributed by atoms with Gasteiger partial charge in [0.15, 0.2) is 17.3 Å². The maximum atomic E-state index is 12.6. The van der Waals surface area contributed by atoms with Gasteiger partial charge in [0.25, 0.3) is 0 Å². The Morgan fingerprint density at radius 2 is 1.81 bits per heavy atom. The van der Waals surface area contributed by atoms with Gasteiger partial charge in [-0.1, -0.05) is 27.5 Å². The molecular formula is C16H12BrClO3. The van der Waals surface area contributed by atoms with E-state index in [0.717, 1.165) is 10.9 Å². The summed E-state index contributed by atoms with van der Waals surface area (Å²) in [7, 11) is 0. The quantitative estimate of drug-likeness (QED) is 0.733. The summed E-state index contributed by atoms with van der Waals surface area (Å²) in [5.74, 6) is 1.13. The monoisotopic (exact) mass is 366 g/mol. The van der Waals surface area contributed by atoms with Crippen LogP contribution in [0.25, 0.3) is 0 Å². The van der Waals surface area contributed by atoms with Crippen LogP contribution in [0.3, 0.4) is 0 Å². The van der Waals surface area contributed by atoms with Crippen molar-refractivity contribution in [1.29, 1.82) is 0 Å². The second-order valence-electron chi connectivity index (χ2n) is 4.67. The van der Waals surface area contributed by atoms with Crippen molar-refractivity contribution in [2.45, 2.75) is 6.42 Å². The molecule has 5 heteroatoms. The number of benzene rings is 2. The van der Waals surface area contributed by atoms with Crippen LogP contribution in [0, 0.1) is 0 Å². The highest BCUT2D eigenvalue weighted by atomic mass is 79.9. The number of fused-ring (bicyclic) bond motifs is 1. The van der Waals surface area contributed by atoms with Gasteiger partial charge in [-0.2, -0.15) is 0 Å². The molecule has 0 saturated carbocycles. The van der Waals surface area contributed by atoms with Gasteiger partial charge >= 0.3 is 0 Å². The van der Waals surface area contributed by atoms with E-state index in [2.05, 4.69) is 15.9 Å². The van der Waals surface area contributed by atoms with Crippen LogP contribution < -0.4 is 9.47 Å². The second kappa shape index (κ2) is 6.08. The molecule has 0 spiro atoms. The van der Waals surface area contributed by atoms with Crippen LogP contribution in [-0.4, -0.2) is 19.0 Å². The average Bonchev–Trinajstić information content (AvgIpc) is 2.73. The van der Waals surface area contributed by atoms with Gasteiger partial charge < -0.3 is 9.47 Å². The van der Waals surface area contributed by atoms with E-state index in [-0.39, 0.29) is 5.78 Å². The minimum atomic E-state index is -0.142. The molecule has 108 valence electrons. The normalized spacial score (nSPS) is 13.6. The highest BCUT2D eigenvalue weighted by Gasteiger charge is 2.17. The molecule has 0 atom stereocenters. The topological polar surface area (TPSA) is 35.5 Å². The van der Waals surface area contributed by atoms with E-state index in [1.807, 2.05) is 0 Å². The molecule has 2 aromatic rings. The minimum absolute atomic E-state index is 0.142. The molecule has 0 saturated heterocycles. The van der Waals surface area contributed by atoms with Gasteiger partial charge in [-0.3, -0.25) is 4.79 Å². The fraction of sp³-hybridized carbons (Fsp3) is 0.188. The number of ether oxygens (including phenoxy) is 2. The van der Waals surface area contributed by atoms with Crippen molar-refractivity contribution in [2.24, 2.45) is 0 Å². The minimum Gasteiger partial charge on any atom is -0.490 e. The maximum Gasteiger partial charge on any atom is 0.194 e. The van der Waals surface area contributed by atoms with Crippen molar-refractivity contribution < 1.29 is 14.3 Å². The molecule has 0 radical (unpaired) electrons. The van der Waals surface area contributed by atoms with Crippen molar-refractivity contribution in [3.63, 3.8) is 0 Å². The zero-order chi connectivity index (χ0) is 14.8. The first kappa shape index (κ1) is 14.4. The fourth-order valence-corrected chi connectivity index (χ4v) is 2.70. The Labute approximate surface area is 136 Å². The summed E-state index contributed by atoms with van der Waals surface area (Å²) >= 11 is 9.46. The molecule has 21 heavy (non-hydrogen) atoms. The average molecular weight is 368 g/mol. The largest absolute Gasteiger partial charge is 0.490 e. The number of hydrogen-bond donors (Lipinski definition) is 0. The van der Waals surface area contributed by atoms with Crippen LogP contribution in [0.1, 0.15) is 22.3 Å². The Hall–Kier alpha value is -1.52. The van der Waals surface area contributed by atoms with Crippen molar-refractivity contribution in [3.8, 4) is 11.5 Å². The van der Waals surface area contributed by atoms with E-state index in [1.54, 1.807) is 36.4 Å². The molecule has 0 amide bonds. The predicted molar refractivity (Wildman–Crippen MR) is 84.6 cm³/mol. The van der Waals surface area contributed by atoms with E-state index in [0.29, 0.717) is 40.9 Å². The van der Waals surface area contributed by atoms with Crippen LogP contribution in [-0.2, 0) is 0 Å². The molecule has 1 aliphatic heterocycles. The van der Waals surface area contributed by atoms with Gasteiger partial charge in [-0.25, -0.2) is 0 Å². The number of halogens is 2. The number of ketones is 1. The van der Waals surface area contributed by atoms with Crippen LogP contribution in [0.15, 0.2) is 40.9 Å². The summed E-state index contributed by atoms with van der Waals surface area (Å²) in [6, 6.07) is 10.4. The van der Waals surface area contributed by atoms with Crippen LogP contribution in [0.2, 0.25) is 5.02 Å². The summed E-state index contributed by atoms with van der Waals surface area (Å²) in [5.41, 5.74) is 0.986. The maximum absolute atomic E-state index is 12.6. The number of rotatable bonds is 2. The van der Waals surface area contributed by atoms with Gasteiger partial charge in [0.1, 0.15) is 0 Å². The first-order chi connectivity index (χ1) is 10.1. The number of hydrogen-bond acceptors (Lipinski definition) is 3. The SMILES string of the molecule is O=C(c1ccc2c(c1)OCCCO2)c1cc(Br)ccc1Cl. The molecule has 0 unspecified atom stereocenters. The van der Waals surface area contributed by atoms with E-state index in [1.165, 1.54) is 0 Å². The van der Waals surface area contributed by atoms with E-state index in [4.69, 9.17) is 21.1 Å². The van der Waals surface area contributed by atoms with Crippen molar-refractivity contribution in [3.05, 3.63) is 57.0 Å². The highest BCUT2D eigenvalue weighted by Crippen LogP contribution is 2.32. The Morgan fingerprint density at radius 1 is 1.05 bits per heavy atom. The molecule has 0 bridgehead atoms. The van der Waals surface area contributed by atoms with Gasteiger partial charge in [0, 0.05) is 22.0 Å². The third-order valence-corrected chi connectivity index (χ3v) is 4.01. The third-order valence-electron chi connectivity index (χ3n) is 3.18. The number of carbonyl (C=O) groups excluding carboxylic acids is 1. The van der Waals surface area contributed by atoms with Crippen molar-refractivity contribution in [1.82, 2.24) is 0 Å². The Morgan fingerprint density at radius 3 is 2.62 bits per heavy atom. The summed E-state index contributed by atoms with van der Waals surface area (Å²) in [6.45, 7) is 1.21. The molecule has 3 rings (SSSR count). The lowest BCUT2D eigenvalue weighted by molar-refractivity contribution is 0.103. The van der Waals surface area contributed by atoms with Crippen LogP contribution in [0.5, 0.6) is 11.5 Å². The lowest BCUT2D eigenvalue weighted by Gasteiger charge is -2.09. The summed E-state index contributed by atoms with van der Waals surface area (Å²) < 4.78 is 12.0.